The van der Waals surface area contributed by atoms with Crippen molar-refractivity contribution in [1.29, 1.82) is 0 Å². The van der Waals surface area contributed by atoms with Crippen molar-refractivity contribution in [3.05, 3.63) is 84.4 Å². The number of H-pyrrole nitrogens is 2. The number of benzene rings is 4. The molecule has 1 aliphatic carbocycles. The lowest BCUT2D eigenvalue weighted by Crippen LogP contribution is -2.36. The smallest absolute Gasteiger partial charge is 0.410 e. The van der Waals surface area contributed by atoms with Crippen molar-refractivity contribution in [2.75, 3.05) is 6.54 Å². The van der Waals surface area contributed by atoms with Gasteiger partial charge in [0.25, 0.3) is 0 Å². The Morgan fingerprint density at radius 2 is 1.33 bits per heavy atom. The number of ether oxygens (including phenoxy) is 1. The first-order valence-corrected chi connectivity index (χ1v) is 16.3. The molecule has 0 radical (unpaired) electrons. The van der Waals surface area contributed by atoms with Gasteiger partial charge in [0, 0.05) is 12.5 Å². The second kappa shape index (κ2) is 10.8. The number of nitrogens with zero attached hydrogens (tertiary/aromatic N) is 3. The van der Waals surface area contributed by atoms with Crippen molar-refractivity contribution in [2.45, 2.75) is 76.9 Å². The average Bonchev–Trinajstić information content (AvgIpc) is 3.84. The van der Waals surface area contributed by atoms with Crippen LogP contribution in [-0.4, -0.2) is 43.1 Å². The minimum absolute atomic E-state index is 0.114. The van der Waals surface area contributed by atoms with Crippen molar-refractivity contribution >= 4 is 38.9 Å². The maximum absolute atomic E-state index is 12.9. The lowest BCUT2D eigenvalue weighted by atomic mass is 9.93. The third-order valence-electron chi connectivity index (χ3n) is 9.48. The lowest BCUT2D eigenvalue weighted by Gasteiger charge is -2.27. The Labute approximate surface area is 263 Å². The molecule has 228 valence electrons. The largest absolute Gasteiger partial charge is 0.444 e. The quantitative estimate of drug-likeness (QED) is 0.212. The average molecular weight is 598 g/mol. The third kappa shape index (κ3) is 5.14. The van der Waals surface area contributed by atoms with Crippen LogP contribution in [0.4, 0.5) is 4.79 Å². The van der Waals surface area contributed by atoms with Crippen LogP contribution in [0.15, 0.2) is 72.8 Å². The summed E-state index contributed by atoms with van der Waals surface area (Å²) in [4.78, 5) is 31.8. The van der Waals surface area contributed by atoms with Crippen molar-refractivity contribution in [3.8, 4) is 22.3 Å². The molecule has 1 amide bonds. The van der Waals surface area contributed by atoms with Crippen LogP contribution >= 0.6 is 0 Å². The second-order valence-electron chi connectivity index (χ2n) is 13.7. The summed E-state index contributed by atoms with van der Waals surface area (Å²) in [5.74, 6) is 2.52. The molecule has 1 saturated carbocycles. The number of nitrogens with one attached hydrogen (secondary N) is 2. The predicted octanol–water partition coefficient (Wildman–Crippen LogP) is 9.66. The molecule has 3 heterocycles. The van der Waals surface area contributed by atoms with Crippen LogP contribution in [0.3, 0.4) is 0 Å². The number of aromatic nitrogens is 4. The number of hydrogen-bond acceptors (Lipinski definition) is 4. The van der Waals surface area contributed by atoms with E-state index in [0.717, 1.165) is 52.1 Å². The van der Waals surface area contributed by atoms with Gasteiger partial charge in [-0.05, 0) is 104 Å². The summed E-state index contributed by atoms with van der Waals surface area (Å²) >= 11 is 0. The number of carbonyl (C=O) groups excluding carboxylic acids is 1. The molecule has 2 N–H and O–H groups in total. The van der Waals surface area contributed by atoms with Gasteiger partial charge in [-0.25, -0.2) is 14.8 Å². The van der Waals surface area contributed by atoms with E-state index in [1.807, 2.05) is 25.7 Å². The molecule has 8 rings (SSSR count). The third-order valence-corrected chi connectivity index (χ3v) is 9.48. The molecule has 1 atom stereocenters. The SMILES string of the molecule is CC(C)(C)OC(=O)N1CCC[C@H]1c1nc2ccc(-c3cccc4c(-c5ccc6nc(C7CCCC7)[nH]c6c5)cccc34)cc2[nH]1. The molecule has 1 aliphatic heterocycles. The maximum atomic E-state index is 12.9. The summed E-state index contributed by atoms with van der Waals surface area (Å²) in [6, 6.07) is 26.0. The fourth-order valence-corrected chi connectivity index (χ4v) is 7.35. The normalized spacial score (nSPS) is 17.7. The Bertz CT molecular complexity index is 2060. The lowest BCUT2D eigenvalue weighted by molar-refractivity contribution is 0.0219. The summed E-state index contributed by atoms with van der Waals surface area (Å²) in [5, 5.41) is 2.42. The van der Waals surface area contributed by atoms with Gasteiger partial charge in [-0.2, -0.15) is 0 Å². The molecule has 7 heteroatoms. The van der Waals surface area contributed by atoms with Crippen LogP contribution < -0.4 is 0 Å². The topological polar surface area (TPSA) is 86.9 Å². The van der Waals surface area contributed by atoms with Crippen LogP contribution in [0.5, 0.6) is 0 Å². The molecule has 7 nitrogen and oxygen atoms in total. The highest BCUT2D eigenvalue weighted by Gasteiger charge is 2.35. The van der Waals surface area contributed by atoms with E-state index in [4.69, 9.17) is 14.7 Å². The first-order valence-electron chi connectivity index (χ1n) is 16.3. The molecule has 2 fully saturated rings. The molecule has 2 aliphatic rings. The summed E-state index contributed by atoms with van der Waals surface area (Å²) < 4.78 is 5.69. The fourth-order valence-electron chi connectivity index (χ4n) is 7.35. The van der Waals surface area contributed by atoms with E-state index in [2.05, 4.69) is 82.8 Å². The van der Waals surface area contributed by atoms with Gasteiger partial charge < -0.3 is 14.7 Å². The number of likely N-dealkylation sites (tertiary alicyclic amines) is 1. The molecule has 0 bridgehead atoms. The number of aromatic amines is 2. The molecule has 0 unspecified atom stereocenters. The minimum atomic E-state index is -0.532. The fraction of sp³-hybridized carbons (Fsp3) is 0.342. The number of rotatable bonds is 4. The van der Waals surface area contributed by atoms with E-state index in [0.29, 0.717) is 12.5 Å². The monoisotopic (exact) mass is 597 g/mol. The van der Waals surface area contributed by atoms with E-state index in [-0.39, 0.29) is 12.1 Å². The molecule has 4 aromatic carbocycles. The van der Waals surface area contributed by atoms with Crippen LogP contribution in [0.25, 0.3) is 55.1 Å². The van der Waals surface area contributed by atoms with Crippen LogP contribution in [0.2, 0.25) is 0 Å². The van der Waals surface area contributed by atoms with Gasteiger partial charge >= 0.3 is 6.09 Å². The number of imidazole rings is 2. The van der Waals surface area contributed by atoms with E-state index >= 15 is 0 Å². The second-order valence-corrected chi connectivity index (χ2v) is 13.7. The standard InChI is InChI=1S/C38H39N5O2/c1-38(2,3)45-37(44)43-20-8-15-34(43)36-40-31-19-17-25(22-33(31)42-36)27-12-7-13-28-26(11-6-14-29(27)28)24-16-18-30-32(21-24)41-35(39-30)23-9-4-5-10-23/h6-7,11-14,16-19,21-23,34H,4-5,8-10,15,20H2,1-3H3,(H,39,41)(H,40,42)/t34-/m0/s1. The van der Waals surface area contributed by atoms with Gasteiger partial charge in [-0.1, -0.05) is 61.4 Å². The summed E-state index contributed by atoms with van der Waals surface area (Å²) in [6.07, 6.45) is 6.58. The van der Waals surface area contributed by atoms with Crippen molar-refractivity contribution in [1.82, 2.24) is 24.8 Å². The van der Waals surface area contributed by atoms with Crippen molar-refractivity contribution < 1.29 is 9.53 Å². The van der Waals surface area contributed by atoms with Gasteiger partial charge in [-0.15, -0.1) is 0 Å². The molecular formula is C38H39N5O2. The molecule has 6 aromatic rings. The Hall–Kier alpha value is -4.65. The van der Waals surface area contributed by atoms with E-state index < -0.39 is 5.60 Å². The van der Waals surface area contributed by atoms with Crippen LogP contribution in [-0.2, 0) is 4.74 Å². The Morgan fingerprint density at radius 1 is 0.756 bits per heavy atom. The number of hydrogen-bond donors (Lipinski definition) is 2. The van der Waals surface area contributed by atoms with Crippen molar-refractivity contribution in [3.63, 3.8) is 0 Å². The first kappa shape index (κ1) is 27.9. The number of carbonyl (C=O) groups is 1. The number of fused-ring (bicyclic) bond motifs is 3. The number of amides is 1. The van der Waals surface area contributed by atoms with Gasteiger partial charge in [0.15, 0.2) is 0 Å². The summed E-state index contributed by atoms with van der Waals surface area (Å²) in [7, 11) is 0. The Kier molecular flexibility index (Phi) is 6.66. The van der Waals surface area contributed by atoms with E-state index in [1.54, 1.807) is 0 Å². The Morgan fingerprint density at radius 3 is 1.93 bits per heavy atom. The van der Waals surface area contributed by atoms with E-state index in [1.165, 1.54) is 53.1 Å². The molecular weight excluding hydrogens is 558 g/mol. The van der Waals surface area contributed by atoms with Gasteiger partial charge in [0.05, 0.1) is 28.1 Å². The molecule has 1 saturated heterocycles. The van der Waals surface area contributed by atoms with Crippen LogP contribution in [0, 0.1) is 0 Å². The maximum Gasteiger partial charge on any atom is 0.410 e. The zero-order valence-electron chi connectivity index (χ0n) is 26.2. The zero-order valence-corrected chi connectivity index (χ0v) is 26.2. The Balaban J connectivity index is 1.13. The van der Waals surface area contributed by atoms with Gasteiger partial charge in [-0.3, -0.25) is 4.90 Å². The highest BCUT2D eigenvalue weighted by molar-refractivity contribution is 6.05. The molecule has 45 heavy (non-hydrogen) atoms. The summed E-state index contributed by atoms with van der Waals surface area (Å²) in [5.41, 5.74) is 8.18. The highest BCUT2D eigenvalue weighted by Crippen LogP contribution is 2.38. The zero-order chi connectivity index (χ0) is 30.7. The van der Waals surface area contributed by atoms with Crippen molar-refractivity contribution in [2.24, 2.45) is 0 Å². The van der Waals surface area contributed by atoms with Crippen LogP contribution in [0.1, 0.15) is 82.9 Å². The van der Waals surface area contributed by atoms with E-state index in [9.17, 15) is 4.79 Å². The molecule has 0 spiro atoms. The molecule has 2 aromatic heterocycles. The predicted molar refractivity (Wildman–Crippen MR) is 180 cm³/mol. The highest BCUT2D eigenvalue weighted by atomic mass is 16.6. The first-order chi connectivity index (χ1) is 21.8. The van der Waals surface area contributed by atoms with Gasteiger partial charge in [0.2, 0.25) is 0 Å². The van der Waals surface area contributed by atoms with Gasteiger partial charge in [0.1, 0.15) is 17.2 Å². The minimum Gasteiger partial charge on any atom is -0.444 e. The summed E-state index contributed by atoms with van der Waals surface area (Å²) in [6.45, 7) is 6.38.